The van der Waals surface area contributed by atoms with E-state index in [-0.39, 0.29) is 16.9 Å². The molecule has 1 aromatic carbocycles. The van der Waals surface area contributed by atoms with E-state index in [0.29, 0.717) is 0 Å². The molecule has 2 rings (SSSR count). The van der Waals surface area contributed by atoms with Crippen molar-refractivity contribution in [1.29, 1.82) is 0 Å². The smallest absolute Gasteiger partial charge is 0.141 e. The average Bonchev–Trinajstić information content (AvgIpc) is 2.88. The minimum atomic E-state index is -0.364. The zero-order chi connectivity index (χ0) is 13.8. The summed E-state index contributed by atoms with van der Waals surface area (Å²) in [4.78, 5) is 1.35. The summed E-state index contributed by atoms with van der Waals surface area (Å²) in [5.41, 5.74) is 2.42. The van der Waals surface area contributed by atoms with E-state index in [9.17, 15) is 4.39 Å². The molecule has 1 nitrogen and oxygen atoms in total. The van der Waals surface area contributed by atoms with Crippen LogP contribution in [0.3, 0.4) is 0 Å². The maximum atomic E-state index is 13.2. The Kier molecular flexibility index (Phi) is 4.97. The van der Waals surface area contributed by atoms with Gasteiger partial charge in [0, 0.05) is 10.9 Å². The van der Waals surface area contributed by atoms with Gasteiger partial charge < -0.3 is 5.32 Å². The summed E-state index contributed by atoms with van der Waals surface area (Å²) >= 11 is 7.59. The minimum Gasteiger partial charge on any atom is -0.312 e. The van der Waals surface area contributed by atoms with Crippen LogP contribution >= 0.6 is 22.9 Å². The molecule has 0 aliphatic carbocycles. The summed E-state index contributed by atoms with van der Waals surface area (Å²) in [5, 5.41) is 5.65. The second kappa shape index (κ2) is 6.51. The monoisotopic (exact) mass is 297 g/mol. The molecule has 0 spiro atoms. The zero-order valence-electron chi connectivity index (χ0n) is 11.0. The van der Waals surface area contributed by atoms with Crippen molar-refractivity contribution in [2.45, 2.75) is 25.8 Å². The van der Waals surface area contributed by atoms with Gasteiger partial charge in [-0.25, -0.2) is 4.39 Å². The van der Waals surface area contributed by atoms with Crippen LogP contribution in [0.15, 0.2) is 29.6 Å². The molecule has 0 fully saturated rings. The van der Waals surface area contributed by atoms with Crippen molar-refractivity contribution in [1.82, 2.24) is 5.32 Å². The molecule has 4 heteroatoms. The van der Waals surface area contributed by atoms with Crippen molar-refractivity contribution in [3.05, 3.63) is 56.5 Å². The molecule has 0 bridgehead atoms. The molecule has 1 N–H and O–H groups in total. The van der Waals surface area contributed by atoms with Crippen LogP contribution in [0.25, 0.3) is 0 Å². The van der Waals surface area contributed by atoms with Crippen molar-refractivity contribution in [2.24, 2.45) is 0 Å². The highest BCUT2D eigenvalue weighted by Gasteiger charge is 2.15. The van der Waals surface area contributed by atoms with E-state index in [0.717, 1.165) is 18.4 Å². The number of hydrogen-bond donors (Lipinski definition) is 1. The SMILES string of the molecule is CCc1ccsc1C(Cc1ccc(F)c(Cl)c1)NC. The van der Waals surface area contributed by atoms with Crippen LogP contribution in [0.4, 0.5) is 4.39 Å². The first kappa shape index (κ1) is 14.5. The number of nitrogens with one attached hydrogen (secondary N) is 1. The second-order valence-corrected chi connectivity index (χ2v) is 5.81. The van der Waals surface area contributed by atoms with Gasteiger partial charge in [-0.2, -0.15) is 0 Å². The minimum absolute atomic E-state index is 0.189. The molecule has 1 aromatic heterocycles. The van der Waals surface area contributed by atoms with Gasteiger partial charge in [-0.15, -0.1) is 11.3 Å². The van der Waals surface area contributed by atoms with Gasteiger partial charge in [-0.1, -0.05) is 24.6 Å². The highest BCUT2D eigenvalue weighted by molar-refractivity contribution is 7.10. The van der Waals surface area contributed by atoms with Gasteiger partial charge in [0.05, 0.1) is 5.02 Å². The summed E-state index contributed by atoms with van der Waals surface area (Å²) in [6, 6.07) is 7.35. The number of halogens is 2. The molecule has 0 aliphatic rings. The van der Waals surface area contributed by atoms with E-state index in [4.69, 9.17) is 11.6 Å². The number of aryl methyl sites for hydroxylation is 1. The Morgan fingerprint density at radius 1 is 1.37 bits per heavy atom. The van der Waals surface area contributed by atoms with E-state index in [1.807, 2.05) is 7.05 Å². The second-order valence-electron chi connectivity index (χ2n) is 4.46. The Labute approximate surface area is 122 Å². The van der Waals surface area contributed by atoms with Gasteiger partial charge in [0.2, 0.25) is 0 Å². The zero-order valence-corrected chi connectivity index (χ0v) is 12.6. The topological polar surface area (TPSA) is 12.0 Å². The van der Waals surface area contributed by atoms with Gasteiger partial charge in [0.15, 0.2) is 0 Å². The molecular formula is C15H17ClFNS. The molecule has 0 aliphatic heterocycles. The van der Waals surface area contributed by atoms with Crippen LogP contribution < -0.4 is 5.32 Å². The molecule has 0 saturated heterocycles. The average molecular weight is 298 g/mol. The first-order valence-electron chi connectivity index (χ1n) is 6.33. The Morgan fingerprint density at radius 3 is 2.79 bits per heavy atom. The molecule has 0 radical (unpaired) electrons. The molecule has 1 atom stereocenters. The molecule has 19 heavy (non-hydrogen) atoms. The lowest BCUT2D eigenvalue weighted by Gasteiger charge is -2.17. The van der Waals surface area contributed by atoms with Crippen LogP contribution in [-0.4, -0.2) is 7.05 Å². The van der Waals surface area contributed by atoms with Gasteiger partial charge in [0.1, 0.15) is 5.82 Å². The largest absolute Gasteiger partial charge is 0.312 e. The number of rotatable bonds is 5. The lowest BCUT2D eigenvalue weighted by Crippen LogP contribution is -2.18. The van der Waals surface area contributed by atoms with Crippen LogP contribution in [-0.2, 0) is 12.8 Å². The normalized spacial score (nSPS) is 12.6. The van der Waals surface area contributed by atoms with Crippen molar-refractivity contribution in [3.8, 4) is 0 Å². The third kappa shape index (κ3) is 3.35. The molecular weight excluding hydrogens is 281 g/mol. The predicted molar refractivity (Wildman–Crippen MR) is 80.6 cm³/mol. The fraction of sp³-hybridized carbons (Fsp3) is 0.333. The Balaban J connectivity index is 2.21. The molecule has 0 amide bonds. The maximum Gasteiger partial charge on any atom is 0.141 e. The number of benzene rings is 1. The van der Waals surface area contributed by atoms with Crippen LogP contribution in [0, 0.1) is 5.82 Å². The van der Waals surface area contributed by atoms with E-state index < -0.39 is 0 Å². The fourth-order valence-electron chi connectivity index (χ4n) is 2.17. The van der Waals surface area contributed by atoms with Crippen molar-refractivity contribution in [2.75, 3.05) is 7.05 Å². The molecule has 102 valence electrons. The molecule has 1 unspecified atom stereocenters. The van der Waals surface area contributed by atoms with Crippen LogP contribution in [0.1, 0.15) is 29.0 Å². The summed E-state index contributed by atoms with van der Waals surface area (Å²) in [7, 11) is 1.95. The standard InChI is InChI=1S/C15H17ClFNS/c1-3-11-6-7-19-15(11)14(18-2)9-10-4-5-13(17)12(16)8-10/h4-8,14,18H,3,9H2,1-2H3. The Morgan fingerprint density at radius 2 is 2.16 bits per heavy atom. The summed E-state index contributed by atoms with van der Waals surface area (Å²) in [6.07, 6.45) is 1.84. The van der Waals surface area contributed by atoms with Crippen molar-refractivity contribution in [3.63, 3.8) is 0 Å². The first-order chi connectivity index (χ1) is 9.15. The van der Waals surface area contributed by atoms with Gasteiger partial charge in [-0.05, 0) is 54.6 Å². The third-order valence-corrected chi connectivity index (χ3v) is 4.61. The van der Waals surface area contributed by atoms with E-state index in [1.54, 1.807) is 23.5 Å². The third-order valence-electron chi connectivity index (χ3n) is 3.25. The number of hydrogen-bond acceptors (Lipinski definition) is 2. The number of likely N-dealkylation sites (N-methyl/N-ethyl adjacent to an activating group) is 1. The van der Waals surface area contributed by atoms with Crippen LogP contribution in [0.5, 0.6) is 0 Å². The van der Waals surface area contributed by atoms with Gasteiger partial charge in [0.25, 0.3) is 0 Å². The predicted octanol–water partition coefficient (Wildman–Crippen LogP) is 4.61. The highest BCUT2D eigenvalue weighted by Crippen LogP contribution is 2.28. The fourth-order valence-corrected chi connectivity index (χ4v) is 3.48. The van der Waals surface area contributed by atoms with Crippen molar-refractivity contribution < 1.29 is 4.39 Å². The summed E-state index contributed by atoms with van der Waals surface area (Å²) < 4.78 is 13.2. The number of thiophene rings is 1. The van der Waals surface area contributed by atoms with E-state index in [1.165, 1.54) is 16.5 Å². The lowest BCUT2D eigenvalue weighted by atomic mass is 10.0. The quantitative estimate of drug-likeness (QED) is 0.850. The Bertz CT molecular complexity index is 553. The van der Waals surface area contributed by atoms with E-state index in [2.05, 4.69) is 23.7 Å². The molecule has 2 aromatic rings. The summed E-state index contributed by atoms with van der Waals surface area (Å²) in [6.45, 7) is 2.16. The molecule has 1 heterocycles. The van der Waals surface area contributed by atoms with Gasteiger partial charge >= 0.3 is 0 Å². The Hall–Kier alpha value is -0.900. The van der Waals surface area contributed by atoms with Crippen molar-refractivity contribution >= 4 is 22.9 Å². The van der Waals surface area contributed by atoms with E-state index >= 15 is 0 Å². The first-order valence-corrected chi connectivity index (χ1v) is 7.59. The van der Waals surface area contributed by atoms with Crippen LogP contribution in [0.2, 0.25) is 5.02 Å². The molecule has 0 saturated carbocycles. The summed E-state index contributed by atoms with van der Waals surface area (Å²) in [5.74, 6) is -0.364. The maximum absolute atomic E-state index is 13.2. The highest BCUT2D eigenvalue weighted by atomic mass is 35.5. The van der Waals surface area contributed by atoms with Gasteiger partial charge in [-0.3, -0.25) is 0 Å². The lowest BCUT2D eigenvalue weighted by molar-refractivity contribution is 0.594.